The normalized spacial score (nSPS) is 13.2. The average Bonchev–Trinajstić information content (AvgIpc) is 3.28. The predicted molar refractivity (Wildman–Crippen MR) is 90.0 cm³/mol. The summed E-state index contributed by atoms with van der Waals surface area (Å²) in [4.78, 5) is 40.2. The third-order valence-corrected chi connectivity index (χ3v) is 4.33. The molecule has 124 valence electrons. The summed E-state index contributed by atoms with van der Waals surface area (Å²) < 4.78 is 0. The molecular formula is C16H16N4O3S. The molecular weight excluding hydrogens is 328 g/mol. The molecule has 24 heavy (non-hydrogen) atoms. The van der Waals surface area contributed by atoms with E-state index in [0.717, 1.165) is 12.8 Å². The van der Waals surface area contributed by atoms with Crippen LogP contribution in [0.1, 0.15) is 32.9 Å². The Morgan fingerprint density at radius 2 is 1.88 bits per heavy atom. The van der Waals surface area contributed by atoms with Gasteiger partial charge >= 0.3 is 0 Å². The topological polar surface area (TPSA) is 100 Å². The van der Waals surface area contributed by atoms with Gasteiger partial charge in [0.05, 0.1) is 12.2 Å². The minimum absolute atomic E-state index is 0.0784. The lowest BCUT2D eigenvalue weighted by molar-refractivity contribution is -0.120. The Balaban J connectivity index is 1.58. The Kier molecular flexibility index (Phi) is 4.85. The number of aromatic nitrogens is 1. The summed E-state index contributed by atoms with van der Waals surface area (Å²) in [5.41, 5.74) is 0.869. The van der Waals surface area contributed by atoms with Gasteiger partial charge in [0.2, 0.25) is 5.91 Å². The van der Waals surface area contributed by atoms with Crippen LogP contribution in [0, 0.1) is 0 Å². The molecule has 8 heteroatoms. The van der Waals surface area contributed by atoms with Gasteiger partial charge in [-0.25, -0.2) is 0 Å². The van der Waals surface area contributed by atoms with Crippen molar-refractivity contribution in [2.24, 2.45) is 0 Å². The molecule has 0 radical (unpaired) electrons. The third kappa shape index (κ3) is 4.17. The van der Waals surface area contributed by atoms with Gasteiger partial charge in [-0.1, -0.05) is 0 Å². The summed E-state index contributed by atoms with van der Waals surface area (Å²) in [6.45, 7) is -0.0784. The largest absolute Gasteiger partial charge is 0.352 e. The van der Waals surface area contributed by atoms with E-state index in [2.05, 4.69) is 20.9 Å². The monoisotopic (exact) mass is 344 g/mol. The Labute approximate surface area is 142 Å². The Bertz CT molecular complexity index is 756. The smallest absolute Gasteiger partial charge is 0.263 e. The summed E-state index contributed by atoms with van der Waals surface area (Å²) in [6.07, 6.45) is 5.04. The third-order valence-electron chi connectivity index (χ3n) is 3.41. The second-order valence-electron chi connectivity index (χ2n) is 5.38. The quantitative estimate of drug-likeness (QED) is 0.737. The standard InChI is InChI=1S/C16H16N4O3S/c21-13(19-11-1-2-11)9-18-16(23)14-12(5-8-24-14)20-15(22)10-3-6-17-7-4-10/h3-8,11H,1-2,9H2,(H,18,23)(H,19,21)(H,20,22). The van der Waals surface area contributed by atoms with Gasteiger partial charge in [-0.15, -0.1) is 11.3 Å². The highest BCUT2D eigenvalue weighted by Gasteiger charge is 2.23. The lowest BCUT2D eigenvalue weighted by Crippen LogP contribution is -2.37. The Morgan fingerprint density at radius 3 is 2.58 bits per heavy atom. The van der Waals surface area contributed by atoms with E-state index in [0.29, 0.717) is 16.1 Å². The molecule has 0 aromatic carbocycles. The number of carbonyl (C=O) groups is 3. The van der Waals surface area contributed by atoms with Gasteiger partial charge in [0.1, 0.15) is 4.88 Å². The van der Waals surface area contributed by atoms with Crippen molar-refractivity contribution in [2.75, 3.05) is 11.9 Å². The van der Waals surface area contributed by atoms with E-state index in [1.165, 1.54) is 23.7 Å². The molecule has 1 saturated carbocycles. The van der Waals surface area contributed by atoms with Crippen molar-refractivity contribution >= 4 is 34.7 Å². The van der Waals surface area contributed by atoms with E-state index in [1.807, 2.05) is 0 Å². The van der Waals surface area contributed by atoms with Gasteiger partial charge in [-0.05, 0) is 36.4 Å². The number of hydrogen-bond donors (Lipinski definition) is 3. The number of rotatable bonds is 6. The molecule has 3 N–H and O–H groups in total. The molecule has 0 atom stereocenters. The fraction of sp³-hybridized carbons (Fsp3) is 0.250. The number of carbonyl (C=O) groups excluding carboxylic acids is 3. The van der Waals surface area contributed by atoms with Crippen LogP contribution in [0.5, 0.6) is 0 Å². The van der Waals surface area contributed by atoms with Crippen LogP contribution < -0.4 is 16.0 Å². The van der Waals surface area contributed by atoms with Crippen LogP contribution in [0.15, 0.2) is 36.0 Å². The van der Waals surface area contributed by atoms with Crippen LogP contribution >= 0.6 is 11.3 Å². The van der Waals surface area contributed by atoms with Crippen LogP contribution in [0.3, 0.4) is 0 Å². The zero-order valence-corrected chi connectivity index (χ0v) is 13.6. The molecule has 2 aromatic heterocycles. The van der Waals surface area contributed by atoms with Gasteiger partial charge in [0.25, 0.3) is 11.8 Å². The molecule has 0 saturated heterocycles. The van der Waals surface area contributed by atoms with Crippen molar-refractivity contribution < 1.29 is 14.4 Å². The summed E-state index contributed by atoms with van der Waals surface area (Å²) in [5, 5.41) is 9.78. The minimum atomic E-state index is -0.388. The molecule has 0 unspecified atom stereocenters. The van der Waals surface area contributed by atoms with Crippen molar-refractivity contribution in [1.29, 1.82) is 0 Å². The Morgan fingerprint density at radius 1 is 1.12 bits per heavy atom. The maximum Gasteiger partial charge on any atom is 0.263 e. The van der Waals surface area contributed by atoms with E-state index < -0.39 is 0 Å². The van der Waals surface area contributed by atoms with E-state index in [4.69, 9.17) is 0 Å². The van der Waals surface area contributed by atoms with Crippen LogP contribution in [-0.2, 0) is 4.79 Å². The zero-order valence-electron chi connectivity index (χ0n) is 12.7. The molecule has 1 aliphatic carbocycles. The van der Waals surface area contributed by atoms with Gasteiger partial charge < -0.3 is 16.0 Å². The van der Waals surface area contributed by atoms with E-state index >= 15 is 0 Å². The number of hydrogen-bond acceptors (Lipinski definition) is 5. The highest BCUT2D eigenvalue weighted by atomic mass is 32.1. The van der Waals surface area contributed by atoms with E-state index in [9.17, 15) is 14.4 Å². The van der Waals surface area contributed by atoms with Gasteiger partial charge in [-0.3, -0.25) is 19.4 Å². The summed E-state index contributed by atoms with van der Waals surface area (Å²) >= 11 is 1.20. The second kappa shape index (κ2) is 7.22. The first kappa shape index (κ1) is 16.1. The second-order valence-corrected chi connectivity index (χ2v) is 6.29. The number of amides is 3. The maximum absolute atomic E-state index is 12.2. The van der Waals surface area contributed by atoms with Crippen molar-refractivity contribution in [3.63, 3.8) is 0 Å². The average molecular weight is 344 g/mol. The predicted octanol–water partition coefficient (Wildman–Crippen LogP) is 1.40. The van der Waals surface area contributed by atoms with Crippen LogP contribution in [-0.4, -0.2) is 35.3 Å². The number of anilines is 1. The molecule has 2 aromatic rings. The molecule has 7 nitrogen and oxygen atoms in total. The highest BCUT2D eigenvalue weighted by Crippen LogP contribution is 2.23. The zero-order chi connectivity index (χ0) is 16.9. The van der Waals surface area contributed by atoms with Crippen molar-refractivity contribution in [2.45, 2.75) is 18.9 Å². The minimum Gasteiger partial charge on any atom is -0.352 e. The summed E-state index contributed by atoms with van der Waals surface area (Å²) in [5.74, 6) is -0.915. The van der Waals surface area contributed by atoms with Crippen LogP contribution in [0.2, 0.25) is 0 Å². The molecule has 1 fully saturated rings. The van der Waals surface area contributed by atoms with E-state index in [1.54, 1.807) is 23.6 Å². The molecule has 2 heterocycles. The first-order valence-electron chi connectivity index (χ1n) is 7.50. The molecule has 1 aliphatic rings. The van der Waals surface area contributed by atoms with Gasteiger partial charge in [0, 0.05) is 24.0 Å². The van der Waals surface area contributed by atoms with Gasteiger partial charge in [-0.2, -0.15) is 0 Å². The fourth-order valence-corrected chi connectivity index (χ4v) is 2.79. The SMILES string of the molecule is O=C(CNC(=O)c1sccc1NC(=O)c1ccncc1)NC1CC1. The van der Waals surface area contributed by atoms with Crippen molar-refractivity contribution in [1.82, 2.24) is 15.6 Å². The number of nitrogens with one attached hydrogen (secondary N) is 3. The lowest BCUT2D eigenvalue weighted by atomic mass is 10.2. The summed E-state index contributed by atoms with van der Waals surface area (Å²) in [6, 6.07) is 5.09. The molecule has 3 rings (SSSR count). The van der Waals surface area contributed by atoms with Crippen LogP contribution in [0.4, 0.5) is 5.69 Å². The first-order chi connectivity index (χ1) is 11.6. The van der Waals surface area contributed by atoms with Crippen molar-refractivity contribution in [3.05, 3.63) is 46.4 Å². The maximum atomic E-state index is 12.2. The lowest BCUT2D eigenvalue weighted by Gasteiger charge is -2.08. The number of pyridine rings is 1. The molecule has 0 aliphatic heterocycles. The Hall–Kier alpha value is -2.74. The van der Waals surface area contributed by atoms with E-state index in [-0.39, 0.29) is 30.3 Å². The molecule has 0 bridgehead atoms. The number of thiophene rings is 1. The number of nitrogens with zero attached hydrogens (tertiary/aromatic N) is 1. The fourth-order valence-electron chi connectivity index (χ4n) is 2.03. The summed E-state index contributed by atoms with van der Waals surface area (Å²) in [7, 11) is 0. The molecule has 3 amide bonds. The van der Waals surface area contributed by atoms with Crippen LogP contribution in [0.25, 0.3) is 0 Å². The van der Waals surface area contributed by atoms with Gasteiger partial charge in [0.15, 0.2) is 0 Å². The van der Waals surface area contributed by atoms with Crippen molar-refractivity contribution in [3.8, 4) is 0 Å². The first-order valence-corrected chi connectivity index (χ1v) is 8.38. The molecule has 0 spiro atoms. The highest BCUT2D eigenvalue weighted by molar-refractivity contribution is 7.12.